The number of nitro groups is 1. The van der Waals surface area contributed by atoms with Gasteiger partial charge in [-0.2, -0.15) is 0 Å². The van der Waals surface area contributed by atoms with Crippen LogP contribution < -0.4 is 10.6 Å². The lowest BCUT2D eigenvalue weighted by Crippen LogP contribution is -2.28. The summed E-state index contributed by atoms with van der Waals surface area (Å²) in [5, 5.41) is 17.1. The zero-order valence-electron chi connectivity index (χ0n) is 9.87. The van der Waals surface area contributed by atoms with Crippen LogP contribution in [0.3, 0.4) is 0 Å². The van der Waals surface area contributed by atoms with Gasteiger partial charge in [0.1, 0.15) is 0 Å². The maximum atomic E-state index is 10.6. The number of nitro benzene ring substituents is 1. The van der Waals surface area contributed by atoms with Gasteiger partial charge in [0.05, 0.1) is 8.49 Å². The van der Waals surface area contributed by atoms with E-state index in [0.29, 0.717) is 9.61 Å². The van der Waals surface area contributed by atoms with Crippen LogP contribution in [0, 0.1) is 13.7 Å². The number of anilines is 1. The predicted octanol–water partition coefficient (Wildman–Crippen LogP) is 2.61. The second-order valence-electron chi connectivity index (χ2n) is 3.96. The maximum absolute atomic E-state index is 10.6. The van der Waals surface area contributed by atoms with E-state index in [4.69, 9.17) is 0 Å². The van der Waals surface area contributed by atoms with Crippen LogP contribution in [0.5, 0.6) is 0 Å². The van der Waals surface area contributed by atoms with Crippen molar-refractivity contribution >= 4 is 34.0 Å². The fourth-order valence-corrected chi connectivity index (χ4v) is 2.04. The molecule has 0 radical (unpaired) electrons. The highest BCUT2D eigenvalue weighted by Gasteiger charge is 2.10. The highest BCUT2D eigenvalue weighted by Crippen LogP contribution is 2.23. The minimum Gasteiger partial charge on any atom is -0.384 e. The van der Waals surface area contributed by atoms with E-state index in [1.54, 1.807) is 12.1 Å². The lowest BCUT2D eigenvalue weighted by Gasteiger charge is -2.10. The molecule has 0 bridgehead atoms. The Kier molecular flexibility index (Phi) is 5.63. The number of benzene rings is 1. The molecule has 5 nitrogen and oxygen atoms in total. The molecule has 94 valence electrons. The zero-order valence-corrected chi connectivity index (χ0v) is 12.0. The first-order valence-electron chi connectivity index (χ1n) is 5.42. The highest BCUT2D eigenvalue weighted by molar-refractivity contribution is 14.1. The Bertz CT molecular complexity index is 396. The monoisotopic (exact) mass is 349 g/mol. The van der Waals surface area contributed by atoms with Crippen molar-refractivity contribution in [3.63, 3.8) is 0 Å². The van der Waals surface area contributed by atoms with Gasteiger partial charge in [-0.05, 0) is 34.7 Å². The van der Waals surface area contributed by atoms with E-state index in [0.717, 1.165) is 18.8 Å². The van der Waals surface area contributed by atoms with Crippen LogP contribution in [-0.2, 0) is 0 Å². The van der Waals surface area contributed by atoms with E-state index in [-0.39, 0.29) is 10.6 Å². The second-order valence-corrected chi connectivity index (χ2v) is 5.12. The Hall–Kier alpha value is -0.890. The fourth-order valence-electron chi connectivity index (χ4n) is 1.33. The third-order valence-corrected chi connectivity index (χ3v) is 3.02. The van der Waals surface area contributed by atoms with Crippen molar-refractivity contribution in [2.75, 3.05) is 18.4 Å². The normalized spacial score (nSPS) is 10.6. The van der Waals surface area contributed by atoms with Gasteiger partial charge < -0.3 is 10.6 Å². The molecule has 17 heavy (non-hydrogen) atoms. The van der Waals surface area contributed by atoms with Crippen molar-refractivity contribution in [2.24, 2.45) is 0 Å². The van der Waals surface area contributed by atoms with Gasteiger partial charge in [-0.3, -0.25) is 10.1 Å². The van der Waals surface area contributed by atoms with Crippen LogP contribution >= 0.6 is 22.6 Å². The number of hydrogen-bond acceptors (Lipinski definition) is 4. The average molecular weight is 349 g/mol. The molecule has 0 aliphatic carbocycles. The molecule has 6 heteroatoms. The quantitative estimate of drug-likeness (QED) is 0.359. The van der Waals surface area contributed by atoms with Gasteiger partial charge in [0.25, 0.3) is 5.69 Å². The predicted molar refractivity (Wildman–Crippen MR) is 77.4 cm³/mol. The van der Waals surface area contributed by atoms with Crippen molar-refractivity contribution in [3.8, 4) is 0 Å². The number of halogens is 1. The zero-order chi connectivity index (χ0) is 12.8. The standard InChI is InChI=1S/C11H16IN3O2/c1-8(2)13-5-6-14-9-3-4-11(15(16)17)10(12)7-9/h3-4,7-8,13-14H,5-6H2,1-2H3. The van der Waals surface area contributed by atoms with Gasteiger partial charge in [-0.25, -0.2) is 0 Å². The smallest absolute Gasteiger partial charge is 0.282 e. The van der Waals surface area contributed by atoms with Crippen molar-refractivity contribution < 1.29 is 4.92 Å². The van der Waals surface area contributed by atoms with Crippen LogP contribution in [0.25, 0.3) is 0 Å². The molecule has 0 aliphatic heterocycles. The topological polar surface area (TPSA) is 67.2 Å². The molecule has 0 heterocycles. The SMILES string of the molecule is CC(C)NCCNc1ccc([N+](=O)[O-])c(I)c1. The number of nitrogens with one attached hydrogen (secondary N) is 2. The Labute approximate surface area is 114 Å². The van der Waals surface area contributed by atoms with Gasteiger partial charge >= 0.3 is 0 Å². The summed E-state index contributed by atoms with van der Waals surface area (Å²) in [6.07, 6.45) is 0. The molecule has 0 aliphatic rings. The molecule has 0 atom stereocenters. The summed E-state index contributed by atoms with van der Waals surface area (Å²) in [6, 6.07) is 5.51. The molecule has 0 saturated carbocycles. The third-order valence-electron chi connectivity index (χ3n) is 2.15. The Morgan fingerprint density at radius 3 is 2.65 bits per heavy atom. The first-order chi connectivity index (χ1) is 8.00. The second kappa shape index (κ2) is 6.75. The van der Waals surface area contributed by atoms with Crippen LogP contribution in [0.1, 0.15) is 13.8 Å². The van der Waals surface area contributed by atoms with E-state index < -0.39 is 0 Å². The van der Waals surface area contributed by atoms with Crippen molar-refractivity contribution in [3.05, 3.63) is 31.9 Å². The average Bonchev–Trinajstić information content (AvgIpc) is 2.23. The van der Waals surface area contributed by atoms with E-state index >= 15 is 0 Å². The van der Waals surface area contributed by atoms with Gasteiger partial charge in [-0.1, -0.05) is 13.8 Å². The lowest BCUT2D eigenvalue weighted by molar-refractivity contribution is -0.385. The van der Waals surface area contributed by atoms with E-state index in [1.165, 1.54) is 6.07 Å². The molecule has 0 fully saturated rings. The summed E-state index contributed by atoms with van der Waals surface area (Å²) in [6.45, 7) is 5.85. The Morgan fingerprint density at radius 2 is 2.12 bits per heavy atom. The molecule has 0 amide bonds. The molecule has 0 spiro atoms. The fraction of sp³-hybridized carbons (Fsp3) is 0.455. The number of rotatable bonds is 6. The summed E-state index contributed by atoms with van der Waals surface area (Å²) >= 11 is 1.98. The third kappa shape index (κ3) is 4.86. The van der Waals surface area contributed by atoms with Crippen molar-refractivity contribution in [1.29, 1.82) is 0 Å². The summed E-state index contributed by atoms with van der Waals surface area (Å²) < 4.78 is 0.648. The first-order valence-corrected chi connectivity index (χ1v) is 6.50. The van der Waals surface area contributed by atoms with Crippen LogP contribution in [0.15, 0.2) is 18.2 Å². The largest absolute Gasteiger partial charge is 0.384 e. The lowest BCUT2D eigenvalue weighted by atomic mass is 10.3. The molecule has 0 unspecified atom stereocenters. The van der Waals surface area contributed by atoms with Crippen LogP contribution in [0.2, 0.25) is 0 Å². The van der Waals surface area contributed by atoms with Gasteiger partial charge in [0.15, 0.2) is 0 Å². The molecule has 2 N–H and O–H groups in total. The van der Waals surface area contributed by atoms with Gasteiger partial charge in [-0.15, -0.1) is 0 Å². The summed E-state index contributed by atoms with van der Waals surface area (Å²) in [5.74, 6) is 0. The molecule has 1 aromatic carbocycles. The van der Waals surface area contributed by atoms with Crippen LogP contribution in [0.4, 0.5) is 11.4 Å². The highest BCUT2D eigenvalue weighted by atomic mass is 127. The van der Waals surface area contributed by atoms with Gasteiger partial charge in [0, 0.05) is 30.9 Å². The van der Waals surface area contributed by atoms with E-state index in [9.17, 15) is 10.1 Å². The van der Waals surface area contributed by atoms with Crippen molar-refractivity contribution in [2.45, 2.75) is 19.9 Å². The van der Waals surface area contributed by atoms with Crippen molar-refractivity contribution in [1.82, 2.24) is 5.32 Å². The van der Waals surface area contributed by atoms with E-state index in [1.807, 2.05) is 22.6 Å². The molecule has 0 saturated heterocycles. The Morgan fingerprint density at radius 1 is 1.41 bits per heavy atom. The van der Waals surface area contributed by atoms with E-state index in [2.05, 4.69) is 24.5 Å². The molecule has 1 rings (SSSR count). The molecular formula is C11H16IN3O2. The number of hydrogen-bond donors (Lipinski definition) is 2. The Balaban J connectivity index is 2.50. The first kappa shape index (κ1) is 14.2. The summed E-state index contributed by atoms with van der Waals surface area (Å²) in [4.78, 5) is 10.3. The number of nitrogens with zero attached hydrogens (tertiary/aromatic N) is 1. The minimum absolute atomic E-state index is 0.149. The summed E-state index contributed by atoms with van der Waals surface area (Å²) in [5.41, 5.74) is 1.06. The maximum Gasteiger partial charge on any atom is 0.282 e. The summed E-state index contributed by atoms with van der Waals surface area (Å²) in [7, 11) is 0. The molecular weight excluding hydrogens is 333 g/mol. The van der Waals surface area contributed by atoms with Gasteiger partial charge in [0.2, 0.25) is 0 Å². The minimum atomic E-state index is -0.369. The molecule has 0 aromatic heterocycles. The molecule has 1 aromatic rings. The van der Waals surface area contributed by atoms with Crippen LogP contribution in [-0.4, -0.2) is 24.1 Å².